The Hall–Kier alpha value is -5.92. The van der Waals surface area contributed by atoms with E-state index in [1.54, 1.807) is 0 Å². The Labute approximate surface area is 282 Å². The lowest BCUT2D eigenvalue weighted by molar-refractivity contribution is 0.473. The third kappa shape index (κ3) is 4.96. The average molecular weight is 617 g/mol. The van der Waals surface area contributed by atoms with Crippen LogP contribution in [0.1, 0.15) is 30.5 Å². The number of hydrogen-bond acceptors (Lipinski definition) is 1. The highest BCUT2D eigenvalue weighted by Gasteiger charge is 2.20. The van der Waals surface area contributed by atoms with Crippen molar-refractivity contribution in [1.82, 2.24) is 0 Å². The van der Waals surface area contributed by atoms with Gasteiger partial charge in [-0.25, -0.2) is 0 Å². The highest BCUT2D eigenvalue weighted by molar-refractivity contribution is 6.21. The van der Waals surface area contributed by atoms with Crippen molar-refractivity contribution in [3.63, 3.8) is 0 Å². The van der Waals surface area contributed by atoms with Crippen molar-refractivity contribution < 1.29 is 5.11 Å². The summed E-state index contributed by atoms with van der Waals surface area (Å²) >= 11 is 0. The maximum atomic E-state index is 11.3. The molecule has 230 valence electrons. The van der Waals surface area contributed by atoms with Crippen LogP contribution in [-0.4, -0.2) is 5.11 Å². The molecule has 1 nitrogen and oxygen atoms in total. The molecule has 0 unspecified atom stereocenters. The predicted molar refractivity (Wildman–Crippen MR) is 205 cm³/mol. The van der Waals surface area contributed by atoms with Crippen LogP contribution in [0.25, 0.3) is 71.3 Å². The van der Waals surface area contributed by atoms with Crippen LogP contribution in [0, 0.1) is 6.92 Å². The fourth-order valence-electron chi connectivity index (χ4n) is 7.50. The summed E-state index contributed by atoms with van der Waals surface area (Å²) in [6, 6.07) is 56.2. The number of benzene rings is 8. The van der Waals surface area contributed by atoms with Crippen LogP contribution < -0.4 is 0 Å². The second-order valence-electron chi connectivity index (χ2n) is 12.9. The van der Waals surface area contributed by atoms with Crippen LogP contribution >= 0.6 is 0 Å². The minimum Gasteiger partial charge on any atom is -0.507 e. The maximum absolute atomic E-state index is 11.3. The standard InChI is InChI=1S/C47H36O/c1-30(2)45(36-19-6-4-14-31(36)3)43-29-35(26-27-44(43)48)47-41-23-10-8-21-39(41)46(40-22-9-11-24-42(40)47)34-18-12-17-33(28-34)38-25-13-16-32-15-5-7-20-37(32)38/h4-29,48H,1-3H3. The van der Waals surface area contributed by atoms with Gasteiger partial charge in [-0.2, -0.15) is 0 Å². The van der Waals surface area contributed by atoms with Crippen LogP contribution in [0.15, 0.2) is 163 Å². The number of phenolic OH excluding ortho intramolecular Hbond substituents is 1. The maximum Gasteiger partial charge on any atom is 0.123 e. The van der Waals surface area contributed by atoms with E-state index in [-0.39, 0.29) is 5.75 Å². The number of rotatable bonds is 5. The molecule has 0 heterocycles. The second kappa shape index (κ2) is 12.0. The van der Waals surface area contributed by atoms with E-state index in [4.69, 9.17) is 0 Å². The van der Waals surface area contributed by atoms with Gasteiger partial charge in [-0.15, -0.1) is 0 Å². The molecule has 0 spiro atoms. The summed E-state index contributed by atoms with van der Waals surface area (Å²) in [5.41, 5.74) is 12.5. The van der Waals surface area contributed by atoms with Crippen LogP contribution in [-0.2, 0) is 0 Å². The molecule has 1 heteroatoms. The number of phenols is 1. The summed E-state index contributed by atoms with van der Waals surface area (Å²) in [5, 5.41) is 18.6. The van der Waals surface area contributed by atoms with Gasteiger partial charge in [-0.05, 0) is 121 Å². The van der Waals surface area contributed by atoms with Crippen molar-refractivity contribution >= 4 is 37.9 Å². The van der Waals surface area contributed by atoms with E-state index < -0.39 is 0 Å². The summed E-state index contributed by atoms with van der Waals surface area (Å²) in [4.78, 5) is 0. The van der Waals surface area contributed by atoms with Gasteiger partial charge in [0, 0.05) is 5.56 Å². The fourth-order valence-corrected chi connectivity index (χ4v) is 7.50. The molecule has 0 atom stereocenters. The Morgan fingerprint density at radius 3 is 1.60 bits per heavy atom. The Morgan fingerprint density at radius 1 is 0.438 bits per heavy atom. The molecule has 1 N–H and O–H groups in total. The van der Waals surface area contributed by atoms with E-state index >= 15 is 0 Å². The SMILES string of the molecule is CC(C)=C(c1ccccc1C)c1cc(-c2c3ccccc3c(-c3cccc(-c4cccc5ccccc45)c3)c3ccccc23)ccc1O. The first kappa shape index (κ1) is 29.5. The number of aromatic hydroxyl groups is 1. The minimum atomic E-state index is 0.286. The Balaban J connectivity index is 1.38. The van der Waals surface area contributed by atoms with E-state index in [1.807, 2.05) is 6.07 Å². The van der Waals surface area contributed by atoms with Crippen molar-refractivity contribution in [1.29, 1.82) is 0 Å². The molecule has 0 fully saturated rings. The van der Waals surface area contributed by atoms with E-state index in [0.29, 0.717) is 0 Å². The minimum absolute atomic E-state index is 0.286. The van der Waals surface area contributed by atoms with E-state index in [9.17, 15) is 5.11 Å². The van der Waals surface area contributed by atoms with Gasteiger partial charge in [0.1, 0.15) is 5.75 Å². The first-order valence-corrected chi connectivity index (χ1v) is 16.6. The van der Waals surface area contributed by atoms with Crippen LogP contribution in [0.5, 0.6) is 5.75 Å². The average Bonchev–Trinajstić information content (AvgIpc) is 3.12. The van der Waals surface area contributed by atoms with Gasteiger partial charge in [-0.3, -0.25) is 0 Å². The molecular formula is C47H36O. The summed E-state index contributed by atoms with van der Waals surface area (Å²) in [6.07, 6.45) is 0. The van der Waals surface area contributed by atoms with Gasteiger partial charge in [-0.1, -0.05) is 145 Å². The first-order valence-electron chi connectivity index (χ1n) is 16.6. The highest BCUT2D eigenvalue weighted by Crippen LogP contribution is 2.46. The van der Waals surface area contributed by atoms with Crippen LogP contribution in [0.4, 0.5) is 0 Å². The third-order valence-electron chi connectivity index (χ3n) is 9.65. The Morgan fingerprint density at radius 2 is 0.958 bits per heavy atom. The smallest absolute Gasteiger partial charge is 0.123 e. The zero-order valence-corrected chi connectivity index (χ0v) is 27.5. The Bertz CT molecular complexity index is 2480. The van der Waals surface area contributed by atoms with Gasteiger partial charge in [0.15, 0.2) is 0 Å². The molecule has 0 aliphatic rings. The van der Waals surface area contributed by atoms with Crippen molar-refractivity contribution in [2.24, 2.45) is 0 Å². The molecule has 8 aromatic carbocycles. The van der Waals surface area contributed by atoms with Crippen molar-refractivity contribution in [2.45, 2.75) is 20.8 Å². The summed E-state index contributed by atoms with van der Waals surface area (Å²) in [7, 11) is 0. The summed E-state index contributed by atoms with van der Waals surface area (Å²) in [6.45, 7) is 6.38. The van der Waals surface area contributed by atoms with E-state index in [1.165, 1.54) is 65.7 Å². The van der Waals surface area contributed by atoms with Crippen molar-refractivity contribution in [3.05, 3.63) is 180 Å². The monoisotopic (exact) mass is 616 g/mol. The highest BCUT2D eigenvalue weighted by atomic mass is 16.3. The Kier molecular flexibility index (Phi) is 7.39. The molecule has 0 radical (unpaired) electrons. The number of allylic oxidation sites excluding steroid dienone is 1. The van der Waals surface area contributed by atoms with Crippen molar-refractivity contribution in [3.8, 4) is 39.1 Å². The second-order valence-corrected chi connectivity index (χ2v) is 12.9. The van der Waals surface area contributed by atoms with E-state index in [0.717, 1.165) is 27.8 Å². The lowest BCUT2D eigenvalue weighted by Crippen LogP contribution is -1.96. The van der Waals surface area contributed by atoms with Gasteiger partial charge in [0.25, 0.3) is 0 Å². The van der Waals surface area contributed by atoms with Crippen LogP contribution in [0.3, 0.4) is 0 Å². The van der Waals surface area contributed by atoms with Gasteiger partial charge in [0.2, 0.25) is 0 Å². The number of hydrogen-bond donors (Lipinski definition) is 1. The third-order valence-corrected chi connectivity index (χ3v) is 9.65. The molecule has 0 aliphatic carbocycles. The number of fused-ring (bicyclic) bond motifs is 3. The zero-order chi connectivity index (χ0) is 32.8. The van der Waals surface area contributed by atoms with Crippen LogP contribution in [0.2, 0.25) is 0 Å². The molecule has 0 saturated carbocycles. The lowest BCUT2D eigenvalue weighted by Gasteiger charge is -2.20. The zero-order valence-electron chi connectivity index (χ0n) is 27.5. The first-order chi connectivity index (χ1) is 23.5. The molecule has 0 amide bonds. The summed E-state index contributed by atoms with van der Waals surface area (Å²) < 4.78 is 0. The van der Waals surface area contributed by atoms with Gasteiger partial charge < -0.3 is 5.11 Å². The topological polar surface area (TPSA) is 20.2 Å². The predicted octanol–water partition coefficient (Wildman–Crippen LogP) is 13.0. The number of aryl methyl sites for hydroxylation is 1. The summed E-state index contributed by atoms with van der Waals surface area (Å²) in [5.74, 6) is 0.286. The molecule has 8 rings (SSSR count). The fraction of sp³-hybridized carbons (Fsp3) is 0.0638. The lowest BCUT2D eigenvalue weighted by atomic mass is 9.84. The molecule has 8 aromatic rings. The quantitative estimate of drug-likeness (QED) is 0.191. The van der Waals surface area contributed by atoms with Crippen molar-refractivity contribution in [2.75, 3.05) is 0 Å². The van der Waals surface area contributed by atoms with E-state index in [2.05, 4.69) is 172 Å². The molecule has 0 aliphatic heterocycles. The molecule has 0 bridgehead atoms. The molecule has 0 aromatic heterocycles. The molecule has 0 saturated heterocycles. The largest absolute Gasteiger partial charge is 0.507 e. The van der Waals surface area contributed by atoms with Gasteiger partial charge in [0.05, 0.1) is 0 Å². The molecular weight excluding hydrogens is 581 g/mol. The normalized spacial score (nSPS) is 11.3. The van der Waals surface area contributed by atoms with Gasteiger partial charge >= 0.3 is 0 Å². The molecule has 48 heavy (non-hydrogen) atoms.